The summed E-state index contributed by atoms with van der Waals surface area (Å²) < 4.78 is 0.963. The van der Waals surface area contributed by atoms with E-state index < -0.39 is 0 Å². The van der Waals surface area contributed by atoms with Crippen molar-refractivity contribution in [3.05, 3.63) is 53.6 Å². The van der Waals surface area contributed by atoms with Gasteiger partial charge in [-0.2, -0.15) is 0 Å². The Morgan fingerprint density at radius 3 is 2.81 bits per heavy atom. The average molecular weight is 298 g/mol. The van der Waals surface area contributed by atoms with Gasteiger partial charge in [-0.1, -0.05) is 29.5 Å². The molecule has 0 unspecified atom stereocenters. The van der Waals surface area contributed by atoms with Gasteiger partial charge >= 0.3 is 0 Å². The molecule has 6 heteroatoms. The minimum absolute atomic E-state index is 0.117. The molecule has 0 saturated carbocycles. The summed E-state index contributed by atoms with van der Waals surface area (Å²) in [5.41, 5.74) is 5.74. The second-order valence-electron chi connectivity index (χ2n) is 4.61. The number of fused-ring (bicyclic) bond motifs is 1. The monoisotopic (exact) mass is 298 g/mol. The Bertz CT molecular complexity index is 812. The molecular formula is C15H14N4OS. The van der Waals surface area contributed by atoms with Gasteiger partial charge in [0.1, 0.15) is 0 Å². The summed E-state index contributed by atoms with van der Waals surface area (Å²) >= 11 is 1.44. The molecule has 5 nitrogen and oxygen atoms in total. The van der Waals surface area contributed by atoms with Crippen molar-refractivity contribution < 1.29 is 4.79 Å². The highest BCUT2D eigenvalue weighted by Crippen LogP contribution is 2.28. The number of anilines is 2. The lowest BCUT2D eigenvalue weighted by Crippen LogP contribution is -2.13. The molecule has 1 amide bonds. The molecule has 106 valence electrons. The number of amides is 1. The molecule has 1 aromatic heterocycles. The van der Waals surface area contributed by atoms with E-state index in [1.54, 1.807) is 0 Å². The molecule has 0 atom stereocenters. The van der Waals surface area contributed by atoms with Gasteiger partial charge in [-0.25, -0.2) is 10.8 Å². The number of nitrogen functional groups attached to an aromatic ring is 1. The third kappa shape index (κ3) is 2.72. The van der Waals surface area contributed by atoms with Gasteiger partial charge in [-0.15, -0.1) is 0 Å². The first-order chi connectivity index (χ1) is 10.2. The molecule has 0 aliphatic carbocycles. The Morgan fingerprint density at radius 2 is 2.05 bits per heavy atom. The fourth-order valence-corrected chi connectivity index (χ4v) is 2.91. The van der Waals surface area contributed by atoms with E-state index in [-0.39, 0.29) is 5.91 Å². The number of rotatable bonds is 3. The largest absolute Gasteiger partial charge is 0.322 e. The zero-order valence-electron chi connectivity index (χ0n) is 11.4. The lowest BCUT2D eigenvalue weighted by molar-refractivity contribution is 0.102. The number of aromatic nitrogens is 1. The number of hydrogen-bond donors (Lipinski definition) is 3. The maximum Gasteiger partial charge on any atom is 0.255 e. The number of nitrogens with one attached hydrogen (secondary N) is 2. The maximum absolute atomic E-state index is 12.3. The fraction of sp³-hybridized carbons (Fsp3) is 0.0667. The summed E-state index contributed by atoms with van der Waals surface area (Å²) in [4.78, 5) is 16.6. The van der Waals surface area contributed by atoms with E-state index in [9.17, 15) is 4.79 Å². The first-order valence-corrected chi connectivity index (χ1v) is 7.23. The van der Waals surface area contributed by atoms with Crippen LogP contribution in [-0.4, -0.2) is 10.9 Å². The smallest absolute Gasteiger partial charge is 0.255 e. The van der Waals surface area contributed by atoms with Crippen molar-refractivity contribution in [2.24, 2.45) is 5.84 Å². The van der Waals surface area contributed by atoms with Gasteiger partial charge in [0.05, 0.1) is 10.2 Å². The Morgan fingerprint density at radius 1 is 1.24 bits per heavy atom. The zero-order chi connectivity index (χ0) is 14.8. The van der Waals surface area contributed by atoms with E-state index in [1.165, 1.54) is 11.3 Å². The van der Waals surface area contributed by atoms with E-state index in [4.69, 9.17) is 5.84 Å². The van der Waals surface area contributed by atoms with Crippen molar-refractivity contribution in [1.82, 2.24) is 4.98 Å². The second-order valence-corrected chi connectivity index (χ2v) is 5.65. The normalized spacial score (nSPS) is 10.6. The molecule has 4 N–H and O–H groups in total. The summed E-state index contributed by atoms with van der Waals surface area (Å²) in [6.45, 7) is 1.92. The quantitative estimate of drug-likeness (QED) is 0.512. The molecule has 0 saturated heterocycles. The molecule has 0 aliphatic rings. The van der Waals surface area contributed by atoms with Crippen LogP contribution in [0.5, 0.6) is 0 Å². The number of benzene rings is 2. The van der Waals surface area contributed by atoms with Crippen molar-refractivity contribution in [2.45, 2.75) is 6.92 Å². The molecule has 3 rings (SSSR count). The Hall–Kier alpha value is -2.44. The Labute approximate surface area is 125 Å². The minimum Gasteiger partial charge on any atom is -0.322 e. The van der Waals surface area contributed by atoms with Gasteiger partial charge in [-0.05, 0) is 36.8 Å². The molecule has 0 aliphatic heterocycles. The summed E-state index contributed by atoms with van der Waals surface area (Å²) in [5, 5.41) is 3.55. The Balaban J connectivity index is 1.87. The van der Waals surface area contributed by atoms with E-state index >= 15 is 0 Å². The van der Waals surface area contributed by atoms with Crippen molar-refractivity contribution in [3.63, 3.8) is 0 Å². The summed E-state index contributed by atoms with van der Waals surface area (Å²) in [5.74, 6) is 5.24. The van der Waals surface area contributed by atoms with Gasteiger partial charge < -0.3 is 5.32 Å². The van der Waals surface area contributed by atoms with Gasteiger partial charge in [0.25, 0.3) is 5.91 Å². The van der Waals surface area contributed by atoms with Gasteiger partial charge in [0.15, 0.2) is 5.13 Å². The molecule has 1 heterocycles. The van der Waals surface area contributed by atoms with E-state index in [2.05, 4.69) is 15.7 Å². The van der Waals surface area contributed by atoms with Crippen LogP contribution in [0.15, 0.2) is 42.5 Å². The van der Waals surface area contributed by atoms with Crippen LogP contribution >= 0.6 is 11.3 Å². The predicted molar refractivity (Wildman–Crippen MR) is 86.6 cm³/mol. The van der Waals surface area contributed by atoms with Crippen LogP contribution in [-0.2, 0) is 0 Å². The molecule has 0 spiro atoms. The van der Waals surface area contributed by atoms with Crippen molar-refractivity contribution in [3.8, 4) is 0 Å². The average Bonchev–Trinajstić information content (AvgIpc) is 2.90. The molecule has 21 heavy (non-hydrogen) atoms. The number of nitrogens with two attached hydrogens (primary N) is 1. The maximum atomic E-state index is 12.3. The zero-order valence-corrected chi connectivity index (χ0v) is 12.2. The van der Waals surface area contributed by atoms with Gasteiger partial charge in [0, 0.05) is 11.3 Å². The van der Waals surface area contributed by atoms with Crippen LogP contribution in [0.4, 0.5) is 10.8 Å². The summed E-state index contributed by atoms with van der Waals surface area (Å²) in [6.07, 6.45) is 0. The van der Waals surface area contributed by atoms with Crippen LogP contribution in [0.2, 0.25) is 0 Å². The first kappa shape index (κ1) is 13.5. The van der Waals surface area contributed by atoms with Crippen LogP contribution in [0, 0.1) is 6.92 Å². The van der Waals surface area contributed by atoms with Crippen molar-refractivity contribution in [2.75, 3.05) is 10.7 Å². The molecule has 2 aromatic carbocycles. The number of hydrogen-bond acceptors (Lipinski definition) is 5. The minimum atomic E-state index is -0.117. The highest BCUT2D eigenvalue weighted by atomic mass is 32.1. The van der Waals surface area contributed by atoms with Crippen LogP contribution in [0.1, 0.15) is 15.9 Å². The second kappa shape index (κ2) is 5.51. The van der Waals surface area contributed by atoms with E-state index in [0.717, 1.165) is 21.5 Å². The van der Waals surface area contributed by atoms with E-state index in [1.807, 2.05) is 49.4 Å². The topological polar surface area (TPSA) is 80.0 Å². The number of carbonyl (C=O) groups excluding carboxylic acids is 1. The first-order valence-electron chi connectivity index (χ1n) is 6.41. The third-order valence-electron chi connectivity index (χ3n) is 3.16. The molecule has 3 aromatic rings. The van der Waals surface area contributed by atoms with Crippen molar-refractivity contribution in [1.29, 1.82) is 0 Å². The highest BCUT2D eigenvalue weighted by molar-refractivity contribution is 7.22. The number of hydrazine groups is 1. The van der Waals surface area contributed by atoms with Crippen LogP contribution < -0.4 is 16.6 Å². The highest BCUT2D eigenvalue weighted by Gasteiger charge is 2.10. The summed E-state index contributed by atoms with van der Waals surface area (Å²) in [7, 11) is 0. The third-order valence-corrected chi connectivity index (χ3v) is 4.11. The van der Waals surface area contributed by atoms with Crippen LogP contribution in [0.3, 0.4) is 0 Å². The predicted octanol–water partition coefficient (Wildman–Crippen LogP) is 3.14. The number of thiazole rings is 1. The van der Waals surface area contributed by atoms with Crippen LogP contribution in [0.25, 0.3) is 10.2 Å². The SMILES string of the molecule is Cc1ccccc1C(=O)Nc1ccc2nc(NN)sc2c1. The Kier molecular flexibility index (Phi) is 3.55. The van der Waals surface area contributed by atoms with Gasteiger partial charge in [0.2, 0.25) is 0 Å². The molecular weight excluding hydrogens is 284 g/mol. The van der Waals surface area contributed by atoms with E-state index in [0.29, 0.717) is 10.7 Å². The number of aryl methyl sites for hydroxylation is 1. The standard InChI is InChI=1S/C15H14N4OS/c1-9-4-2-3-5-11(9)14(20)17-10-6-7-12-13(8-10)21-15(18-12)19-16/h2-8H,16H2,1H3,(H,17,20)(H,18,19). The lowest BCUT2D eigenvalue weighted by Gasteiger charge is -2.07. The number of nitrogens with zero attached hydrogens (tertiary/aromatic N) is 1. The summed E-state index contributed by atoms with van der Waals surface area (Å²) in [6, 6.07) is 13.1. The molecule has 0 radical (unpaired) electrons. The number of carbonyl (C=O) groups is 1. The fourth-order valence-electron chi connectivity index (χ4n) is 2.09. The van der Waals surface area contributed by atoms with Gasteiger partial charge in [-0.3, -0.25) is 10.2 Å². The lowest BCUT2D eigenvalue weighted by atomic mass is 10.1. The molecule has 0 fully saturated rings. The van der Waals surface area contributed by atoms with Crippen molar-refractivity contribution >= 4 is 38.3 Å². The molecule has 0 bridgehead atoms.